The molecule has 0 unspecified atom stereocenters. The molecule has 6 nitrogen and oxygen atoms in total. The van der Waals surface area contributed by atoms with Crippen LogP contribution in [0, 0.1) is 0 Å². The summed E-state index contributed by atoms with van der Waals surface area (Å²) >= 11 is 0. The standard InChI is InChI=1S/C12H23N3O3/c1-16-8-3-6-15-7-4-13-12(15)14-5-9-18-11-10-17-2/h4,7H,3,5-6,8-11H2,1-2H3,(H,13,14). The van der Waals surface area contributed by atoms with Gasteiger partial charge in [-0.1, -0.05) is 0 Å². The van der Waals surface area contributed by atoms with Crippen LogP contribution >= 0.6 is 0 Å². The Kier molecular flexibility index (Phi) is 8.20. The molecule has 0 spiro atoms. The average Bonchev–Trinajstić information content (AvgIpc) is 2.82. The van der Waals surface area contributed by atoms with E-state index in [4.69, 9.17) is 14.2 Å². The van der Waals surface area contributed by atoms with Crippen molar-refractivity contribution in [1.82, 2.24) is 9.55 Å². The first kappa shape index (κ1) is 14.9. The zero-order valence-corrected chi connectivity index (χ0v) is 11.2. The van der Waals surface area contributed by atoms with E-state index >= 15 is 0 Å². The highest BCUT2D eigenvalue weighted by atomic mass is 16.5. The Morgan fingerprint density at radius 1 is 1.17 bits per heavy atom. The number of ether oxygens (including phenoxy) is 3. The SMILES string of the molecule is COCCCn1ccnc1NCCOCCOC. The molecule has 1 heterocycles. The van der Waals surface area contributed by atoms with Gasteiger partial charge in [-0.3, -0.25) is 0 Å². The first-order valence-corrected chi connectivity index (χ1v) is 6.19. The van der Waals surface area contributed by atoms with E-state index in [1.54, 1.807) is 20.4 Å². The molecule has 104 valence electrons. The lowest BCUT2D eigenvalue weighted by molar-refractivity contribution is 0.0758. The lowest BCUT2D eigenvalue weighted by Gasteiger charge is -2.09. The zero-order valence-electron chi connectivity index (χ0n) is 11.2. The van der Waals surface area contributed by atoms with Gasteiger partial charge in [0.2, 0.25) is 5.95 Å². The number of aryl methyl sites for hydroxylation is 1. The third kappa shape index (κ3) is 6.00. The average molecular weight is 257 g/mol. The van der Waals surface area contributed by atoms with Crippen molar-refractivity contribution in [2.24, 2.45) is 0 Å². The minimum atomic E-state index is 0.625. The monoisotopic (exact) mass is 257 g/mol. The largest absolute Gasteiger partial charge is 0.385 e. The summed E-state index contributed by atoms with van der Waals surface area (Å²) in [5.41, 5.74) is 0. The maximum Gasteiger partial charge on any atom is 0.202 e. The van der Waals surface area contributed by atoms with Gasteiger partial charge in [0.05, 0.1) is 19.8 Å². The molecule has 1 aromatic rings. The number of imidazole rings is 1. The molecule has 0 aliphatic heterocycles. The number of nitrogens with zero attached hydrogens (tertiary/aromatic N) is 2. The third-order valence-corrected chi connectivity index (χ3v) is 2.42. The topological polar surface area (TPSA) is 57.5 Å². The smallest absolute Gasteiger partial charge is 0.202 e. The Labute approximate surface area is 108 Å². The van der Waals surface area contributed by atoms with E-state index in [-0.39, 0.29) is 0 Å². The normalized spacial score (nSPS) is 10.8. The summed E-state index contributed by atoms with van der Waals surface area (Å²) in [5, 5.41) is 3.24. The molecular formula is C12H23N3O3. The number of aromatic nitrogens is 2. The van der Waals surface area contributed by atoms with Gasteiger partial charge in [-0.15, -0.1) is 0 Å². The third-order valence-electron chi connectivity index (χ3n) is 2.42. The molecule has 1 aromatic heterocycles. The number of methoxy groups -OCH3 is 2. The van der Waals surface area contributed by atoms with Crippen molar-refractivity contribution in [2.75, 3.05) is 52.5 Å². The zero-order chi connectivity index (χ0) is 13.1. The van der Waals surface area contributed by atoms with E-state index in [0.717, 1.165) is 32.1 Å². The highest BCUT2D eigenvalue weighted by Crippen LogP contribution is 2.04. The predicted octanol–water partition coefficient (Wildman–Crippen LogP) is 0.994. The van der Waals surface area contributed by atoms with Crippen molar-refractivity contribution in [3.8, 4) is 0 Å². The van der Waals surface area contributed by atoms with Crippen LogP contribution in [0.5, 0.6) is 0 Å². The summed E-state index contributed by atoms with van der Waals surface area (Å²) in [5.74, 6) is 0.876. The first-order chi connectivity index (χ1) is 8.88. The highest BCUT2D eigenvalue weighted by molar-refractivity contribution is 5.25. The fourth-order valence-electron chi connectivity index (χ4n) is 1.52. The van der Waals surface area contributed by atoms with Crippen LogP contribution in [0.1, 0.15) is 6.42 Å². The van der Waals surface area contributed by atoms with Crippen molar-refractivity contribution in [3.63, 3.8) is 0 Å². The van der Waals surface area contributed by atoms with Crippen LogP contribution in [-0.4, -0.2) is 56.7 Å². The number of rotatable bonds is 11. The Hall–Kier alpha value is -1.11. The maximum absolute atomic E-state index is 5.37. The van der Waals surface area contributed by atoms with Gasteiger partial charge < -0.3 is 24.1 Å². The van der Waals surface area contributed by atoms with Crippen LogP contribution in [0.2, 0.25) is 0 Å². The Balaban J connectivity index is 2.15. The summed E-state index contributed by atoms with van der Waals surface area (Å²) in [6.07, 6.45) is 4.73. The fraction of sp³-hybridized carbons (Fsp3) is 0.750. The quantitative estimate of drug-likeness (QED) is 0.599. The summed E-state index contributed by atoms with van der Waals surface area (Å²) in [4.78, 5) is 4.26. The van der Waals surface area contributed by atoms with E-state index in [2.05, 4.69) is 14.9 Å². The van der Waals surface area contributed by atoms with E-state index in [1.807, 2.05) is 6.20 Å². The van der Waals surface area contributed by atoms with Gasteiger partial charge in [0.1, 0.15) is 0 Å². The van der Waals surface area contributed by atoms with Crippen molar-refractivity contribution >= 4 is 5.95 Å². The van der Waals surface area contributed by atoms with Crippen LogP contribution in [0.3, 0.4) is 0 Å². The molecule has 0 atom stereocenters. The molecule has 0 aromatic carbocycles. The number of hydrogen-bond donors (Lipinski definition) is 1. The molecule has 0 fully saturated rings. The Bertz CT molecular complexity index is 305. The Morgan fingerprint density at radius 2 is 2.00 bits per heavy atom. The minimum absolute atomic E-state index is 0.625. The van der Waals surface area contributed by atoms with Gasteiger partial charge in [0.15, 0.2) is 0 Å². The van der Waals surface area contributed by atoms with Crippen LogP contribution < -0.4 is 5.32 Å². The van der Waals surface area contributed by atoms with Crippen molar-refractivity contribution in [3.05, 3.63) is 12.4 Å². The predicted molar refractivity (Wildman–Crippen MR) is 69.9 cm³/mol. The van der Waals surface area contributed by atoms with E-state index < -0.39 is 0 Å². The molecule has 1 rings (SSSR count). The molecule has 18 heavy (non-hydrogen) atoms. The molecule has 1 N–H and O–H groups in total. The second-order valence-electron chi connectivity index (χ2n) is 3.82. The number of nitrogens with one attached hydrogen (secondary N) is 1. The van der Waals surface area contributed by atoms with Crippen molar-refractivity contribution < 1.29 is 14.2 Å². The summed E-state index contributed by atoms with van der Waals surface area (Å²) in [7, 11) is 3.38. The summed E-state index contributed by atoms with van der Waals surface area (Å²) < 4.78 is 17.4. The van der Waals surface area contributed by atoms with Gasteiger partial charge in [-0.25, -0.2) is 4.98 Å². The number of anilines is 1. The summed E-state index contributed by atoms with van der Waals surface area (Å²) in [6, 6.07) is 0. The van der Waals surface area contributed by atoms with Crippen molar-refractivity contribution in [2.45, 2.75) is 13.0 Å². The van der Waals surface area contributed by atoms with Gasteiger partial charge in [0.25, 0.3) is 0 Å². The molecule has 6 heteroatoms. The molecule has 0 saturated heterocycles. The minimum Gasteiger partial charge on any atom is -0.385 e. The van der Waals surface area contributed by atoms with E-state index in [1.165, 1.54) is 0 Å². The lowest BCUT2D eigenvalue weighted by atomic mass is 10.4. The van der Waals surface area contributed by atoms with Gasteiger partial charge in [-0.2, -0.15) is 0 Å². The van der Waals surface area contributed by atoms with E-state index in [0.29, 0.717) is 19.8 Å². The molecular weight excluding hydrogens is 234 g/mol. The second kappa shape index (κ2) is 9.87. The van der Waals surface area contributed by atoms with E-state index in [9.17, 15) is 0 Å². The van der Waals surface area contributed by atoms with Crippen LogP contribution in [0.4, 0.5) is 5.95 Å². The second-order valence-corrected chi connectivity index (χ2v) is 3.82. The van der Waals surface area contributed by atoms with Gasteiger partial charge in [0, 0.05) is 46.3 Å². The van der Waals surface area contributed by atoms with Gasteiger partial charge >= 0.3 is 0 Å². The van der Waals surface area contributed by atoms with Crippen LogP contribution in [-0.2, 0) is 20.8 Å². The molecule has 0 saturated carbocycles. The fourth-order valence-corrected chi connectivity index (χ4v) is 1.52. The molecule has 0 aliphatic carbocycles. The molecule has 0 amide bonds. The lowest BCUT2D eigenvalue weighted by Crippen LogP contribution is -2.15. The molecule has 0 bridgehead atoms. The van der Waals surface area contributed by atoms with Crippen LogP contribution in [0.15, 0.2) is 12.4 Å². The molecule has 0 aliphatic rings. The maximum atomic E-state index is 5.37. The summed E-state index contributed by atoms with van der Waals surface area (Å²) in [6.45, 7) is 4.31. The van der Waals surface area contributed by atoms with Gasteiger partial charge in [-0.05, 0) is 6.42 Å². The highest BCUT2D eigenvalue weighted by Gasteiger charge is 2.01. The number of hydrogen-bond acceptors (Lipinski definition) is 5. The molecule has 0 radical (unpaired) electrons. The van der Waals surface area contributed by atoms with Crippen molar-refractivity contribution in [1.29, 1.82) is 0 Å². The first-order valence-electron chi connectivity index (χ1n) is 6.19. The van der Waals surface area contributed by atoms with Crippen LogP contribution in [0.25, 0.3) is 0 Å². The Morgan fingerprint density at radius 3 is 2.78 bits per heavy atom.